The van der Waals surface area contributed by atoms with Crippen LogP contribution in [0.4, 0.5) is 8.78 Å². The van der Waals surface area contributed by atoms with Crippen LogP contribution in [0.3, 0.4) is 0 Å². The average Bonchev–Trinajstić information content (AvgIpc) is 2.50. The van der Waals surface area contributed by atoms with Gasteiger partial charge >= 0.3 is 0 Å². The molecule has 0 fully saturated rings. The number of fused-ring (bicyclic) bond motifs is 1. The summed E-state index contributed by atoms with van der Waals surface area (Å²) >= 11 is 0. The van der Waals surface area contributed by atoms with Gasteiger partial charge in [0.1, 0.15) is 11.3 Å². The number of aromatic nitrogens is 2. The zero-order chi connectivity index (χ0) is 11.2. The number of rotatable bonds is 1. The van der Waals surface area contributed by atoms with Gasteiger partial charge in [0.05, 0.1) is 11.6 Å². The van der Waals surface area contributed by atoms with E-state index < -0.39 is 11.6 Å². The van der Waals surface area contributed by atoms with E-state index in [1.54, 1.807) is 14.0 Å². The first-order chi connectivity index (χ1) is 7.02. The third-order valence-electron chi connectivity index (χ3n) is 2.37. The van der Waals surface area contributed by atoms with E-state index in [2.05, 4.69) is 4.98 Å². The van der Waals surface area contributed by atoms with Crippen LogP contribution in [0.2, 0.25) is 0 Å². The Morgan fingerprint density at radius 3 is 2.67 bits per heavy atom. The summed E-state index contributed by atoms with van der Waals surface area (Å²) in [4.78, 5) is 4.14. The van der Waals surface area contributed by atoms with E-state index in [9.17, 15) is 8.78 Å². The van der Waals surface area contributed by atoms with Crippen molar-refractivity contribution in [2.75, 3.05) is 0 Å². The Balaban J connectivity index is 2.83. The molecule has 3 nitrogen and oxygen atoms in total. The second-order valence-electron chi connectivity index (χ2n) is 3.55. The number of hydrogen-bond acceptors (Lipinski definition) is 2. The van der Waals surface area contributed by atoms with Gasteiger partial charge in [-0.05, 0) is 19.1 Å². The highest BCUT2D eigenvalue weighted by Crippen LogP contribution is 2.22. The average molecular weight is 211 g/mol. The normalized spacial score (nSPS) is 13.4. The minimum atomic E-state index is -0.880. The molecule has 1 aromatic heterocycles. The largest absolute Gasteiger partial charge is 0.327 e. The van der Waals surface area contributed by atoms with Crippen molar-refractivity contribution in [1.29, 1.82) is 0 Å². The van der Waals surface area contributed by atoms with Crippen LogP contribution in [-0.2, 0) is 7.05 Å². The highest BCUT2D eigenvalue weighted by Gasteiger charge is 2.16. The molecule has 0 spiro atoms. The summed E-state index contributed by atoms with van der Waals surface area (Å²) in [6.45, 7) is 1.75. The van der Waals surface area contributed by atoms with E-state index in [4.69, 9.17) is 5.73 Å². The molecule has 1 atom stereocenters. The van der Waals surface area contributed by atoms with Crippen LogP contribution in [0.1, 0.15) is 18.8 Å². The summed E-state index contributed by atoms with van der Waals surface area (Å²) in [5.41, 5.74) is 6.24. The zero-order valence-corrected chi connectivity index (χ0v) is 8.46. The Morgan fingerprint density at radius 2 is 2.07 bits per heavy atom. The quantitative estimate of drug-likeness (QED) is 0.782. The number of nitrogens with two attached hydrogens (primary N) is 1. The summed E-state index contributed by atoms with van der Waals surface area (Å²) in [7, 11) is 1.62. The molecule has 0 aliphatic carbocycles. The summed E-state index contributed by atoms with van der Waals surface area (Å²) in [6, 6.07) is 2.19. The number of halogens is 2. The molecule has 0 saturated carbocycles. The molecule has 0 unspecified atom stereocenters. The monoisotopic (exact) mass is 211 g/mol. The molecule has 0 saturated heterocycles. The van der Waals surface area contributed by atoms with E-state index in [0.29, 0.717) is 11.3 Å². The molecule has 5 heteroatoms. The molecule has 0 radical (unpaired) electrons. The summed E-state index contributed by atoms with van der Waals surface area (Å²) in [5, 5.41) is 0. The first-order valence-electron chi connectivity index (χ1n) is 4.58. The lowest BCUT2D eigenvalue weighted by Gasteiger charge is -2.05. The smallest absolute Gasteiger partial charge is 0.184 e. The molecule has 80 valence electrons. The molecule has 2 N–H and O–H groups in total. The van der Waals surface area contributed by atoms with Crippen LogP contribution in [-0.4, -0.2) is 9.55 Å². The Hall–Kier alpha value is -1.49. The van der Waals surface area contributed by atoms with E-state index in [1.165, 1.54) is 10.6 Å². The van der Waals surface area contributed by atoms with Crippen LogP contribution in [0.5, 0.6) is 0 Å². The number of hydrogen-bond donors (Lipinski definition) is 1. The zero-order valence-electron chi connectivity index (χ0n) is 8.46. The van der Waals surface area contributed by atoms with Crippen LogP contribution in [0.25, 0.3) is 11.0 Å². The van der Waals surface area contributed by atoms with Gasteiger partial charge < -0.3 is 10.3 Å². The van der Waals surface area contributed by atoms with E-state index in [-0.39, 0.29) is 11.6 Å². The van der Waals surface area contributed by atoms with Crippen LogP contribution >= 0.6 is 0 Å². The van der Waals surface area contributed by atoms with Gasteiger partial charge in [-0.3, -0.25) is 0 Å². The molecule has 1 heterocycles. The molecule has 15 heavy (non-hydrogen) atoms. The van der Waals surface area contributed by atoms with Gasteiger partial charge in [-0.2, -0.15) is 0 Å². The van der Waals surface area contributed by atoms with E-state index in [0.717, 1.165) is 6.07 Å². The second-order valence-corrected chi connectivity index (χ2v) is 3.55. The SMILES string of the molecule is C[C@H](N)c1nc2ccc(F)c(F)c2n1C. The Labute approximate surface area is 85.5 Å². The fourth-order valence-electron chi connectivity index (χ4n) is 1.66. The maximum Gasteiger partial charge on any atom is 0.184 e. The highest BCUT2D eigenvalue weighted by molar-refractivity contribution is 5.76. The third-order valence-corrected chi connectivity index (χ3v) is 2.37. The minimum absolute atomic E-state index is 0.155. The van der Waals surface area contributed by atoms with Crippen molar-refractivity contribution < 1.29 is 8.78 Å². The van der Waals surface area contributed by atoms with Gasteiger partial charge in [0.25, 0.3) is 0 Å². The Bertz CT molecular complexity index is 517. The number of benzene rings is 1. The van der Waals surface area contributed by atoms with Crippen molar-refractivity contribution in [3.63, 3.8) is 0 Å². The van der Waals surface area contributed by atoms with Crippen molar-refractivity contribution in [1.82, 2.24) is 9.55 Å². The molecule has 0 aliphatic heterocycles. The number of imidazole rings is 1. The molecule has 0 aliphatic rings. The van der Waals surface area contributed by atoms with Crippen LogP contribution in [0.15, 0.2) is 12.1 Å². The van der Waals surface area contributed by atoms with Gasteiger partial charge in [-0.1, -0.05) is 0 Å². The van der Waals surface area contributed by atoms with Gasteiger partial charge in [-0.15, -0.1) is 0 Å². The van der Waals surface area contributed by atoms with E-state index >= 15 is 0 Å². The third kappa shape index (κ3) is 1.39. The first-order valence-corrected chi connectivity index (χ1v) is 4.58. The van der Waals surface area contributed by atoms with Gasteiger partial charge in [0.15, 0.2) is 11.6 Å². The van der Waals surface area contributed by atoms with E-state index in [1.807, 2.05) is 0 Å². The fraction of sp³-hybridized carbons (Fsp3) is 0.300. The summed E-state index contributed by atoms with van der Waals surface area (Å²) in [5.74, 6) is -1.22. The predicted octanol–water partition coefficient (Wildman–Crippen LogP) is 1.87. The Kier molecular flexibility index (Phi) is 2.19. The highest BCUT2D eigenvalue weighted by atomic mass is 19.2. The Morgan fingerprint density at radius 1 is 1.40 bits per heavy atom. The molecule has 1 aromatic carbocycles. The van der Waals surface area contributed by atoms with Gasteiger partial charge in [0, 0.05) is 7.05 Å². The van der Waals surface area contributed by atoms with Crippen LogP contribution < -0.4 is 5.73 Å². The molecule has 0 amide bonds. The maximum absolute atomic E-state index is 13.5. The molecule has 2 rings (SSSR count). The predicted molar refractivity (Wildman–Crippen MR) is 53.2 cm³/mol. The number of aryl methyl sites for hydroxylation is 1. The standard InChI is InChI=1S/C10H11F2N3/c1-5(13)10-14-7-4-3-6(11)8(12)9(7)15(10)2/h3-5H,13H2,1-2H3/t5-/m0/s1. The van der Waals surface area contributed by atoms with Crippen molar-refractivity contribution in [2.45, 2.75) is 13.0 Å². The van der Waals surface area contributed by atoms with Crippen molar-refractivity contribution >= 4 is 11.0 Å². The molecule has 2 aromatic rings. The molecular formula is C10H11F2N3. The lowest BCUT2D eigenvalue weighted by atomic mass is 10.3. The van der Waals surface area contributed by atoms with Crippen molar-refractivity contribution in [3.05, 3.63) is 29.6 Å². The molecular weight excluding hydrogens is 200 g/mol. The van der Waals surface area contributed by atoms with Gasteiger partial charge in [0.2, 0.25) is 0 Å². The summed E-state index contributed by atoms with van der Waals surface area (Å²) < 4.78 is 27.9. The molecule has 0 bridgehead atoms. The van der Waals surface area contributed by atoms with Gasteiger partial charge in [-0.25, -0.2) is 13.8 Å². The fourth-order valence-corrected chi connectivity index (χ4v) is 1.66. The first kappa shape index (κ1) is 10.0. The van der Waals surface area contributed by atoms with Crippen LogP contribution in [0, 0.1) is 11.6 Å². The minimum Gasteiger partial charge on any atom is -0.327 e. The number of nitrogens with zero attached hydrogens (tertiary/aromatic N) is 2. The van der Waals surface area contributed by atoms with Crippen molar-refractivity contribution in [3.8, 4) is 0 Å². The maximum atomic E-state index is 13.5. The topological polar surface area (TPSA) is 43.8 Å². The lowest BCUT2D eigenvalue weighted by molar-refractivity contribution is 0.512. The van der Waals surface area contributed by atoms with Crippen molar-refractivity contribution in [2.24, 2.45) is 12.8 Å². The summed E-state index contributed by atoms with van der Waals surface area (Å²) in [6.07, 6.45) is 0. The lowest BCUT2D eigenvalue weighted by Crippen LogP contribution is -2.11. The second kappa shape index (κ2) is 3.27.